The van der Waals surface area contributed by atoms with Crippen molar-refractivity contribution in [2.45, 2.75) is 25.9 Å². The largest absolute Gasteiger partial charge is 0.392 e. The Bertz CT molecular complexity index is 545. The topological polar surface area (TPSA) is 72.9 Å². The molecule has 0 aromatic heterocycles. The molecule has 6 heteroatoms. The number of aryl methyl sites for hydroxylation is 1. The van der Waals surface area contributed by atoms with Crippen molar-refractivity contribution in [3.8, 4) is 0 Å². The Kier molecular flexibility index (Phi) is 6.12. The Morgan fingerprint density at radius 1 is 1.35 bits per heavy atom. The molecule has 1 unspecified atom stereocenters. The highest BCUT2D eigenvalue weighted by molar-refractivity contribution is 5.94. The lowest BCUT2D eigenvalue weighted by atomic mass is 10.1. The van der Waals surface area contributed by atoms with E-state index in [2.05, 4.69) is 5.32 Å². The Hall–Kier alpha value is -1.92. The van der Waals surface area contributed by atoms with Gasteiger partial charge >= 0.3 is 0 Å². The number of carbonyl (C=O) groups is 2. The summed E-state index contributed by atoms with van der Waals surface area (Å²) in [6.07, 6.45) is 1.33. The molecule has 1 heterocycles. The highest BCUT2D eigenvalue weighted by Crippen LogP contribution is 2.10. The van der Waals surface area contributed by atoms with Crippen LogP contribution in [0, 0.1) is 6.92 Å². The van der Waals surface area contributed by atoms with Gasteiger partial charge in [-0.15, -0.1) is 0 Å². The number of amides is 2. The molecule has 6 nitrogen and oxygen atoms in total. The van der Waals surface area contributed by atoms with E-state index in [0.717, 1.165) is 30.6 Å². The Labute approximate surface area is 137 Å². The van der Waals surface area contributed by atoms with E-state index in [1.165, 1.54) is 4.90 Å². The van der Waals surface area contributed by atoms with Gasteiger partial charge in [0.15, 0.2) is 0 Å². The SMILES string of the molecule is Cc1ccc(NC(=O)CN(C)C(=O)CN2CCCC(O)C2)cc1. The van der Waals surface area contributed by atoms with E-state index in [-0.39, 0.29) is 31.0 Å². The van der Waals surface area contributed by atoms with Crippen molar-refractivity contribution in [2.24, 2.45) is 0 Å². The molecule has 1 aromatic rings. The maximum absolute atomic E-state index is 12.2. The average molecular weight is 319 g/mol. The number of nitrogens with zero attached hydrogens (tertiary/aromatic N) is 2. The second-order valence-electron chi connectivity index (χ2n) is 6.20. The van der Waals surface area contributed by atoms with Crippen molar-refractivity contribution < 1.29 is 14.7 Å². The van der Waals surface area contributed by atoms with Crippen molar-refractivity contribution in [3.63, 3.8) is 0 Å². The normalized spacial score (nSPS) is 18.5. The van der Waals surface area contributed by atoms with E-state index in [9.17, 15) is 14.7 Å². The van der Waals surface area contributed by atoms with Crippen LogP contribution in [-0.4, -0.2) is 66.1 Å². The maximum Gasteiger partial charge on any atom is 0.243 e. The number of rotatable bonds is 5. The molecule has 0 bridgehead atoms. The third kappa shape index (κ3) is 5.65. The molecule has 0 spiro atoms. The van der Waals surface area contributed by atoms with Crippen LogP contribution >= 0.6 is 0 Å². The van der Waals surface area contributed by atoms with Crippen LogP contribution in [0.25, 0.3) is 0 Å². The summed E-state index contributed by atoms with van der Waals surface area (Å²) in [5.41, 5.74) is 1.85. The summed E-state index contributed by atoms with van der Waals surface area (Å²) in [4.78, 5) is 27.5. The number of hydrogen-bond donors (Lipinski definition) is 2. The van der Waals surface area contributed by atoms with Crippen LogP contribution in [0.2, 0.25) is 0 Å². The van der Waals surface area contributed by atoms with E-state index in [1.54, 1.807) is 7.05 Å². The Morgan fingerprint density at radius 3 is 2.70 bits per heavy atom. The summed E-state index contributed by atoms with van der Waals surface area (Å²) in [5.74, 6) is -0.332. The van der Waals surface area contributed by atoms with Crippen LogP contribution in [-0.2, 0) is 9.59 Å². The third-order valence-corrected chi connectivity index (χ3v) is 3.98. The minimum absolute atomic E-state index is 0.0170. The van der Waals surface area contributed by atoms with Crippen molar-refractivity contribution in [1.29, 1.82) is 0 Å². The van der Waals surface area contributed by atoms with Crippen LogP contribution in [0.4, 0.5) is 5.69 Å². The monoisotopic (exact) mass is 319 g/mol. The molecule has 1 saturated heterocycles. The number of carbonyl (C=O) groups excluding carboxylic acids is 2. The summed E-state index contributed by atoms with van der Waals surface area (Å²) in [7, 11) is 1.62. The number of aliphatic hydroxyl groups is 1. The summed E-state index contributed by atoms with van der Waals surface area (Å²) >= 11 is 0. The fourth-order valence-corrected chi connectivity index (χ4v) is 2.63. The zero-order valence-corrected chi connectivity index (χ0v) is 13.8. The van der Waals surface area contributed by atoms with E-state index in [4.69, 9.17) is 0 Å². The van der Waals surface area contributed by atoms with E-state index < -0.39 is 0 Å². The van der Waals surface area contributed by atoms with Gasteiger partial charge in [0.25, 0.3) is 0 Å². The minimum Gasteiger partial charge on any atom is -0.392 e. The Balaban J connectivity index is 1.78. The van der Waals surface area contributed by atoms with Gasteiger partial charge in [-0.1, -0.05) is 17.7 Å². The highest BCUT2D eigenvalue weighted by Gasteiger charge is 2.22. The third-order valence-electron chi connectivity index (χ3n) is 3.98. The van der Waals surface area contributed by atoms with Gasteiger partial charge in [-0.25, -0.2) is 0 Å². The number of benzene rings is 1. The molecule has 0 radical (unpaired) electrons. The van der Waals surface area contributed by atoms with Crippen molar-refractivity contribution >= 4 is 17.5 Å². The number of piperidine rings is 1. The number of aliphatic hydroxyl groups excluding tert-OH is 1. The van der Waals surface area contributed by atoms with Gasteiger partial charge in [0.05, 0.1) is 19.2 Å². The molecule has 23 heavy (non-hydrogen) atoms. The van der Waals surface area contributed by atoms with Gasteiger partial charge in [0.1, 0.15) is 0 Å². The molecule has 0 aliphatic carbocycles. The molecule has 2 amide bonds. The van der Waals surface area contributed by atoms with Gasteiger partial charge in [-0.05, 0) is 38.4 Å². The number of hydrogen-bond acceptors (Lipinski definition) is 4. The molecule has 1 atom stereocenters. The second-order valence-corrected chi connectivity index (χ2v) is 6.20. The standard InChI is InChI=1S/C17H25N3O3/c1-13-5-7-14(8-6-13)18-16(22)11-19(2)17(23)12-20-9-3-4-15(21)10-20/h5-8,15,21H,3-4,9-12H2,1-2H3,(H,18,22). The summed E-state index contributed by atoms with van der Waals surface area (Å²) in [6.45, 7) is 3.57. The molecule has 2 rings (SSSR count). The van der Waals surface area contributed by atoms with Crippen LogP contribution < -0.4 is 5.32 Å². The molecular formula is C17H25N3O3. The van der Waals surface area contributed by atoms with Crippen molar-refractivity contribution in [2.75, 3.05) is 38.5 Å². The van der Waals surface area contributed by atoms with Gasteiger partial charge < -0.3 is 15.3 Å². The van der Waals surface area contributed by atoms with E-state index in [1.807, 2.05) is 36.1 Å². The van der Waals surface area contributed by atoms with Crippen LogP contribution in [0.1, 0.15) is 18.4 Å². The van der Waals surface area contributed by atoms with Crippen molar-refractivity contribution in [1.82, 2.24) is 9.80 Å². The predicted octanol–water partition coefficient (Wildman–Crippen LogP) is 0.849. The van der Waals surface area contributed by atoms with Crippen molar-refractivity contribution in [3.05, 3.63) is 29.8 Å². The maximum atomic E-state index is 12.2. The van der Waals surface area contributed by atoms with E-state index >= 15 is 0 Å². The lowest BCUT2D eigenvalue weighted by molar-refractivity contribution is -0.134. The average Bonchev–Trinajstić information content (AvgIpc) is 2.49. The number of β-amino-alcohol motifs (C(OH)–C–C–N with tert-alkyl or cyclic N) is 1. The molecule has 2 N–H and O–H groups in total. The highest BCUT2D eigenvalue weighted by atomic mass is 16.3. The van der Waals surface area contributed by atoms with E-state index in [0.29, 0.717) is 6.54 Å². The lowest BCUT2D eigenvalue weighted by Gasteiger charge is -2.30. The van der Waals surface area contributed by atoms with Gasteiger partial charge in [-0.2, -0.15) is 0 Å². The van der Waals surface area contributed by atoms with Gasteiger partial charge in [-0.3, -0.25) is 14.5 Å². The van der Waals surface area contributed by atoms with Gasteiger partial charge in [0, 0.05) is 19.3 Å². The van der Waals surface area contributed by atoms with Crippen LogP contribution in [0.5, 0.6) is 0 Å². The molecule has 1 aliphatic rings. The molecular weight excluding hydrogens is 294 g/mol. The smallest absolute Gasteiger partial charge is 0.243 e. The number of likely N-dealkylation sites (N-methyl/N-ethyl adjacent to an activating group) is 1. The first-order valence-electron chi connectivity index (χ1n) is 7.95. The summed E-state index contributed by atoms with van der Waals surface area (Å²) < 4.78 is 0. The number of likely N-dealkylation sites (tertiary alicyclic amines) is 1. The predicted molar refractivity (Wildman–Crippen MR) is 89.1 cm³/mol. The molecule has 126 valence electrons. The second kappa shape index (κ2) is 8.08. The first-order chi connectivity index (χ1) is 10.9. The number of nitrogens with one attached hydrogen (secondary N) is 1. The molecule has 1 aliphatic heterocycles. The number of anilines is 1. The summed E-state index contributed by atoms with van der Waals surface area (Å²) in [5, 5.41) is 12.4. The molecule has 1 fully saturated rings. The summed E-state index contributed by atoms with van der Waals surface area (Å²) in [6, 6.07) is 7.52. The molecule has 0 saturated carbocycles. The van der Waals surface area contributed by atoms with Crippen LogP contribution in [0.15, 0.2) is 24.3 Å². The quantitative estimate of drug-likeness (QED) is 0.844. The van der Waals surface area contributed by atoms with Gasteiger partial charge in [0.2, 0.25) is 11.8 Å². The lowest BCUT2D eigenvalue weighted by Crippen LogP contribution is -2.46. The molecule has 1 aromatic carbocycles. The minimum atomic E-state index is -0.355. The first-order valence-corrected chi connectivity index (χ1v) is 7.95. The zero-order valence-electron chi connectivity index (χ0n) is 13.8. The fourth-order valence-electron chi connectivity index (χ4n) is 2.63. The Morgan fingerprint density at radius 2 is 2.04 bits per heavy atom. The first kappa shape index (κ1) is 17.4. The van der Waals surface area contributed by atoms with Crippen LogP contribution in [0.3, 0.4) is 0 Å². The fraction of sp³-hybridized carbons (Fsp3) is 0.529. The zero-order chi connectivity index (χ0) is 16.8.